The van der Waals surface area contributed by atoms with Gasteiger partial charge in [0.2, 0.25) is 0 Å². The van der Waals surface area contributed by atoms with Crippen LogP contribution in [0.5, 0.6) is 0 Å². The summed E-state index contributed by atoms with van der Waals surface area (Å²) in [4.78, 5) is 0. The molecule has 1 aliphatic carbocycles. The summed E-state index contributed by atoms with van der Waals surface area (Å²) in [6, 6.07) is 8.52. The molecule has 0 radical (unpaired) electrons. The lowest BCUT2D eigenvalue weighted by Gasteiger charge is -2.32. The second-order valence-electron chi connectivity index (χ2n) is 6.73. The highest BCUT2D eigenvalue weighted by atomic mass is 32.2. The van der Waals surface area contributed by atoms with Crippen LogP contribution >= 0.6 is 0 Å². The maximum Gasteiger partial charge on any atom is 0.151 e. The standard InChI is InChI=1S/C17H27NO2S/c1-13-4-9-17(10-14(13)2)18-11-15-5-7-16(8-6-15)12-21(3,19)20/h5-8,13-14,17-18H,4,9-12H2,1-3H3. The minimum atomic E-state index is -2.95. The fraction of sp³-hybridized carbons (Fsp3) is 0.647. The lowest BCUT2D eigenvalue weighted by Crippen LogP contribution is -2.35. The topological polar surface area (TPSA) is 46.2 Å². The fourth-order valence-corrected chi connectivity index (χ4v) is 3.85. The largest absolute Gasteiger partial charge is 0.310 e. The van der Waals surface area contributed by atoms with Crippen LogP contribution in [0.3, 0.4) is 0 Å². The van der Waals surface area contributed by atoms with Crippen LogP contribution in [0.25, 0.3) is 0 Å². The smallest absolute Gasteiger partial charge is 0.151 e. The quantitative estimate of drug-likeness (QED) is 0.909. The van der Waals surface area contributed by atoms with Crippen LogP contribution in [-0.2, 0) is 22.1 Å². The maximum atomic E-state index is 11.3. The average Bonchev–Trinajstić information content (AvgIpc) is 2.40. The van der Waals surface area contributed by atoms with Crippen molar-refractivity contribution in [3.63, 3.8) is 0 Å². The summed E-state index contributed by atoms with van der Waals surface area (Å²) in [5, 5.41) is 3.64. The normalized spacial score (nSPS) is 26.7. The molecule has 118 valence electrons. The second-order valence-corrected chi connectivity index (χ2v) is 8.87. The molecule has 1 saturated carbocycles. The highest BCUT2D eigenvalue weighted by molar-refractivity contribution is 7.89. The summed E-state index contributed by atoms with van der Waals surface area (Å²) in [7, 11) is -2.95. The molecule has 3 atom stereocenters. The minimum absolute atomic E-state index is 0.124. The number of benzene rings is 1. The predicted octanol–water partition coefficient (Wildman–Crippen LogP) is 3.15. The lowest BCUT2D eigenvalue weighted by molar-refractivity contribution is 0.225. The number of hydrogen-bond donors (Lipinski definition) is 1. The molecule has 21 heavy (non-hydrogen) atoms. The molecule has 0 bridgehead atoms. The van der Waals surface area contributed by atoms with E-state index in [4.69, 9.17) is 0 Å². The van der Waals surface area contributed by atoms with Gasteiger partial charge in [0.1, 0.15) is 0 Å². The van der Waals surface area contributed by atoms with Gasteiger partial charge in [-0.25, -0.2) is 8.42 Å². The molecule has 0 heterocycles. The van der Waals surface area contributed by atoms with Gasteiger partial charge >= 0.3 is 0 Å². The zero-order valence-electron chi connectivity index (χ0n) is 13.3. The van der Waals surface area contributed by atoms with Crippen LogP contribution < -0.4 is 5.32 Å². The fourth-order valence-electron chi connectivity index (χ4n) is 3.05. The molecule has 1 aromatic carbocycles. The van der Waals surface area contributed by atoms with Crippen molar-refractivity contribution in [1.82, 2.24) is 5.32 Å². The van der Waals surface area contributed by atoms with E-state index in [-0.39, 0.29) is 5.75 Å². The Morgan fingerprint density at radius 3 is 2.24 bits per heavy atom. The summed E-state index contributed by atoms with van der Waals surface area (Å²) in [6.45, 7) is 5.56. The first-order valence-corrected chi connectivity index (χ1v) is 9.88. The molecule has 1 N–H and O–H groups in total. The zero-order valence-corrected chi connectivity index (χ0v) is 14.1. The third-order valence-corrected chi connectivity index (χ3v) is 5.50. The van der Waals surface area contributed by atoms with E-state index in [0.29, 0.717) is 6.04 Å². The molecule has 1 aliphatic rings. The van der Waals surface area contributed by atoms with Gasteiger partial charge in [-0.1, -0.05) is 38.1 Å². The molecule has 0 saturated heterocycles. The SMILES string of the molecule is CC1CCC(NCc2ccc(CS(C)(=O)=O)cc2)CC1C. The van der Waals surface area contributed by atoms with Crippen molar-refractivity contribution < 1.29 is 8.42 Å². The van der Waals surface area contributed by atoms with E-state index in [1.807, 2.05) is 24.3 Å². The first-order chi connectivity index (χ1) is 9.83. The number of sulfone groups is 1. The van der Waals surface area contributed by atoms with E-state index in [9.17, 15) is 8.42 Å². The monoisotopic (exact) mass is 309 g/mol. The van der Waals surface area contributed by atoms with Crippen molar-refractivity contribution in [3.8, 4) is 0 Å². The van der Waals surface area contributed by atoms with E-state index in [0.717, 1.165) is 23.9 Å². The summed E-state index contributed by atoms with van der Waals surface area (Å²) in [5.74, 6) is 1.77. The maximum absolute atomic E-state index is 11.3. The third-order valence-electron chi connectivity index (χ3n) is 4.64. The molecule has 0 aromatic heterocycles. The summed E-state index contributed by atoms with van der Waals surface area (Å²) in [5.41, 5.74) is 2.08. The molecule has 2 rings (SSSR count). The van der Waals surface area contributed by atoms with E-state index >= 15 is 0 Å². The highest BCUT2D eigenvalue weighted by Gasteiger charge is 2.23. The lowest BCUT2D eigenvalue weighted by atomic mass is 9.79. The first-order valence-electron chi connectivity index (χ1n) is 7.82. The molecular formula is C17H27NO2S. The van der Waals surface area contributed by atoms with Gasteiger partial charge in [-0.15, -0.1) is 0 Å². The van der Waals surface area contributed by atoms with E-state index in [1.165, 1.54) is 31.1 Å². The van der Waals surface area contributed by atoms with Gasteiger partial charge in [-0.3, -0.25) is 0 Å². The molecule has 0 amide bonds. The summed E-state index contributed by atoms with van der Waals surface area (Å²) < 4.78 is 22.5. The number of rotatable bonds is 5. The first kappa shape index (κ1) is 16.5. The molecular weight excluding hydrogens is 282 g/mol. The van der Waals surface area contributed by atoms with Gasteiger partial charge in [-0.2, -0.15) is 0 Å². The van der Waals surface area contributed by atoms with Crippen molar-refractivity contribution >= 4 is 9.84 Å². The highest BCUT2D eigenvalue weighted by Crippen LogP contribution is 2.29. The van der Waals surface area contributed by atoms with E-state index < -0.39 is 9.84 Å². The Morgan fingerprint density at radius 1 is 1.05 bits per heavy atom. The van der Waals surface area contributed by atoms with Gasteiger partial charge in [0, 0.05) is 18.8 Å². The van der Waals surface area contributed by atoms with Crippen molar-refractivity contribution in [2.24, 2.45) is 11.8 Å². The Kier molecular flexibility index (Phi) is 5.44. The molecule has 0 spiro atoms. The van der Waals surface area contributed by atoms with E-state index in [2.05, 4.69) is 19.2 Å². The van der Waals surface area contributed by atoms with Gasteiger partial charge < -0.3 is 5.32 Å². The second kappa shape index (κ2) is 6.93. The summed E-state index contributed by atoms with van der Waals surface area (Å²) >= 11 is 0. The molecule has 3 unspecified atom stereocenters. The zero-order chi connectivity index (χ0) is 15.5. The van der Waals surface area contributed by atoms with Crippen LogP contribution in [0, 0.1) is 11.8 Å². The molecule has 3 nitrogen and oxygen atoms in total. The predicted molar refractivity (Wildman–Crippen MR) is 87.8 cm³/mol. The Bertz CT molecular complexity index is 551. The Labute approximate surface area is 129 Å². The molecule has 1 fully saturated rings. The van der Waals surface area contributed by atoms with Gasteiger partial charge in [0.15, 0.2) is 9.84 Å². The number of nitrogens with one attached hydrogen (secondary N) is 1. The molecule has 4 heteroatoms. The Hall–Kier alpha value is -0.870. The van der Waals surface area contributed by atoms with E-state index in [1.54, 1.807) is 0 Å². The number of hydrogen-bond acceptors (Lipinski definition) is 3. The summed E-state index contributed by atoms with van der Waals surface area (Å²) in [6.07, 6.45) is 5.10. The van der Waals surface area contributed by atoms with Crippen LogP contribution in [0.4, 0.5) is 0 Å². The minimum Gasteiger partial charge on any atom is -0.310 e. The Balaban J connectivity index is 1.84. The van der Waals surface area contributed by atoms with Crippen LogP contribution in [0.15, 0.2) is 24.3 Å². The molecule has 0 aliphatic heterocycles. The van der Waals surface area contributed by atoms with Crippen LogP contribution in [0.1, 0.15) is 44.2 Å². The third kappa shape index (κ3) is 5.44. The van der Waals surface area contributed by atoms with Crippen LogP contribution in [-0.4, -0.2) is 20.7 Å². The van der Waals surface area contributed by atoms with Gasteiger partial charge in [0.25, 0.3) is 0 Å². The van der Waals surface area contributed by atoms with Crippen LogP contribution in [0.2, 0.25) is 0 Å². The molecule has 1 aromatic rings. The van der Waals surface area contributed by atoms with Crippen molar-refractivity contribution in [2.75, 3.05) is 6.26 Å². The van der Waals surface area contributed by atoms with Gasteiger partial charge in [-0.05, 0) is 42.2 Å². The Morgan fingerprint density at radius 2 is 1.67 bits per heavy atom. The van der Waals surface area contributed by atoms with Crippen molar-refractivity contribution in [3.05, 3.63) is 35.4 Å². The average molecular weight is 309 g/mol. The van der Waals surface area contributed by atoms with Gasteiger partial charge in [0.05, 0.1) is 5.75 Å². The van der Waals surface area contributed by atoms with Crippen molar-refractivity contribution in [2.45, 2.75) is 51.4 Å². The van der Waals surface area contributed by atoms with Crippen molar-refractivity contribution in [1.29, 1.82) is 0 Å².